The molecule has 19 heavy (non-hydrogen) atoms. The molecular formula is C12H12I3NO3. The zero-order chi connectivity index (χ0) is 14.6. The molecule has 0 saturated heterocycles. The van der Waals surface area contributed by atoms with E-state index in [1.165, 1.54) is 4.90 Å². The molecule has 0 aliphatic carbocycles. The molecule has 1 aromatic carbocycles. The van der Waals surface area contributed by atoms with Crippen molar-refractivity contribution in [2.75, 3.05) is 20.2 Å². The Morgan fingerprint density at radius 1 is 1.26 bits per heavy atom. The molecule has 1 rings (SSSR count). The van der Waals surface area contributed by atoms with E-state index >= 15 is 0 Å². The van der Waals surface area contributed by atoms with Gasteiger partial charge in [-0.25, -0.2) is 0 Å². The van der Waals surface area contributed by atoms with E-state index in [9.17, 15) is 9.59 Å². The highest BCUT2D eigenvalue weighted by Gasteiger charge is 2.19. The van der Waals surface area contributed by atoms with Crippen molar-refractivity contribution in [2.45, 2.75) is 6.92 Å². The lowest BCUT2D eigenvalue weighted by atomic mass is 10.2. The van der Waals surface area contributed by atoms with E-state index in [2.05, 4.69) is 67.8 Å². The van der Waals surface area contributed by atoms with Gasteiger partial charge >= 0.3 is 5.97 Å². The van der Waals surface area contributed by atoms with E-state index in [-0.39, 0.29) is 12.5 Å². The minimum atomic E-state index is -0.395. The largest absolute Gasteiger partial charge is 0.465 e. The zero-order valence-corrected chi connectivity index (χ0v) is 16.8. The smallest absolute Gasteiger partial charge is 0.325 e. The van der Waals surface area contributed by atoms with Crippen LogP contribution in [0.15, 0.2) is 12.1 Å². The van der Waals surface area contributed by atoms with Crippen LogP contribution in [-0.4, -0.2) is 37.0 Å². The van der Waals surface area contributed by atoms with Crippen LogP contribution in [0.5, 0.6) is 0 Å². The van der Waals surface area contributed by atoms with Crippen LogP contribution in [0.3, 0.4) is 0 Å². The Morgan fingerprint density at radius 3 is 2.47 bits per heavy atom. The topological polar surface area (TPSA) is 46.6 Å². The maximum Gasteiger partial charge on any atom is 0.325 e. The summed E-state index contributed by atoms with van der Waals surface area (Å²) >= 11 is 6.52. The summed E-state index contributed by atoms with van der Waals surface area (Å²) in [5.41, 5.74) is 0.615. The summed E-state index contributed by atoms with van der Waals surface area (Å²) in [6, 6.07) is 3.83. The van der Waals surface area contributed by atoms with E-state index in [1.54, 1.807) is 14.0 Å². The summed E-state index contributed by atoms with van der Waals surface area (Å²) in [7, 11) is 1.60. The maximum absolute atomic E-state index is 12.3. The van der Waals surface area contributed by atoms with Gasteiger partial charge in [-0.3, -0.25) is 9.59 Å². The number of carbonyl (C=O) groups excluding carboxylic acids is 2. The second-order valence-corrected chi connectivity index (χ2v) is 7.20. The Kier molecular flexibility index (Phi) is 7.29. The first kappa shape index (κ1) is 17.4. The third-order valence-electron chi connectivity index (χ3n) is 2.24. The van der Waals surface area contributed by atoms with Gasteiger partial charge in [-0.2, -0.15) is 0 Å². The molecule has 0 fully saturated rings. The SMILES string of the molecule is CCOC(=O)CN(C)C(=O)c1cc(I)cc(I)c1I. The van der Waals surface area contributed by atoms with E-state index in [0.29, 0.717) is 12.2 Å². The third-order valence-corrected chi connectivity index (χ3v) is 5.91. The summed E-state index contributed by atoms with van der Waals surface area (Å²) in [5, 5.41) is 0. The van der Waals surface area contributed by atoms with Crippen LogP contribution >= 0.6 is 67.8 Å². The van der Waals surface area contributed by atoms with Gasteiger partial charge in [0.1, 0.15) is 6.54 Å². The molecule has 0 radical (unpaired) electrons. The number of rotatable bonds is 4. The number of likely N-dealkylation sites (N-methyl/N-ethyl adjacent to an activating group) is 1. The number of benzene rings is 1. The van der Waals surface area contributed by atoms with Crippen LogP contribution in [0.1, 0.15) is 17.3 Å². The summed E-state index contributed by atoms with van der Waals surface area (Å²) in [6.45, 7) is 2.02. The first-order valence-electron chi connectivity index (χ1n) is 5.42. The average molecular weight is 599 g/mol. The van der Waals surface area contributed by atoms with Crippen LogP contribution < -0.4 is 0 Å². The quantitative estimate of drug-likeness (QED) is 0.304. The van der Waals surface area contributed by atoms with Gasteiger partial charge in [-0.1, -0.05) is 0 Å². The third kappa shape index (κ3) is 4.99. The fourth-order valence-electron chi connectivity index (χ4n) is 1.39. The zero-order valence-electron chi connectivity index (χ0n) is 10.4. The van der Waals surface area contributed by atoms with Crippen LogP contribution in [0.2, 0.25) is 0 Å². The number of esters is 1. The Bertz CT molecular complexity index is 505. The van der Waals surface area contributed by atoms with Crippen molar-refractivity contribution in [3.63, 3.8) is 0 Å². The van der Waals surface area contributed by atoms with Crippen molar-refractivity contribution in [1.29, 1.82) is 0 Å². The molecule has 1 aromatic rings. The second kappa shape index (κ2) is 7.96. The Labute approximate surface area is 153 Å². The molecule has 104 valence electrons. The van der Waals surface area contributed by atoms with Crippen molar-refractivity contribution >= 4 is 79.6 Å². The van der Waals surface area contributed by atoms with E-state index in [1.807, 2.05) is 12.1 Å². The van der Waals surface area contributed by atoms with Crippen molar-refractivity contribution in [3.8, 4) is 0 Å². The Hall–Kier alpha value is 0.350. The van der Waals surface area contributed by atoms with Gasteiger partial charge in [0.2, 0.25) is 0 Å². The van der Waals surface area contributed by atoms with E-state index in [4.69, 9.17) is 4.74 Å². The molecule has 0 aliphatic rings. The molecule has 0 N–H and O–H groups in total. The molecule has 0 aromatic heterocycles. The highest BCUT2D eigenvalue weighted by molar-refractivity contribution is 14.1. The van der Waals surface area contributed by atoms with Gasteiger partial charge < -0.3 is 9.64 Å². The van der Waals surface area contributed by atoms with Crippen molar-refractivity contribution < 1.29 is 14.3 Å². The summed E-state index contributed by atoms with van der Waals surface area (Å²) in [4.78, 5) is 25.1. The first-order chi connectivity index (χ1) is 8.86. The minimum Gasteiger partial charge on any atom is -0.465 e. The summed E-state index contributed by atoms with van der Waals surface area (Å²) in [6.07, 6.45) is 0. The number of hydrogen-bond donors (Lipinski definition) is 0. The van der Waals surface area contributed by atoms with Gasteiger partial charge in [-0.05, 0) is 86.8 Å². The van der Waals surface area contributed by atoms with Crippen molar-refractivity contribution in [1.82, 2.24) is 4.90 Å². The lowest BCUT2D eigenvalue weighted by molar-refractivity contribution is -0.143. The molecule has 0 spiro atoms. The monoisotopic (exact) mass is 599 g/mol. The molecule has 0 bridgehead atoms. The number of nitrogens with zero attached hydrogens (tertiary/aromatic N) is 1. The minimum absolute atomic E-state index is 0.0369. The molecule has 0 unspecified atom stereocenters. The molecular weight excluding hydrogens is 587 g/mol. The number of ether oxygens (including phenoxy) is 1. The molecule has 0 saturated carbocycles. The summed E-state index contributed by atoms with van der Waals surface area (Å²) in [5.74, 6) is -0.567. The lowest BCUT2D eigenvalue weighted by Crippen LogP contribution is -2.33. The molecule has 0 atom stereocenters. The predicted octanol–water partition coefficient (Wildman–Crippen LogP) is 3.14. The number of carbonyl (C=O) groups is 2. The van der Waals surface area contributed by atoms with Crippen LogP contribution in [0.25, 0.3) is 0 Å². The second-order valence-electron chi connectivity index (χ2n) is 3.72. The van der Waals surface area contributed by atoms with Crippen LogP contribution in [0.4, 0.5) is 0 Å². The fourth-order valence-corrected chi connectivity index (χ4v) is 3.78. The number of amides is 1. The summed E-state index contributed by atoms with van der Waals surface area (Å²) < 4.78 is 7.76. The van der Waals surface area contributed by atoms with Gasteiger partial charge in [0, 0.05) is 17.8 Å². The highest BCUT2D eigenvalue weighted by atomic mass is 127. The lowest BCUT2D eigenvalue weighted by Gasteiger charge is -2.17. The van der Waals surface area contributed by atoms with E-state index < -0.39 is 5.97 Å². The number of hydrogen-bond acceptors (Lipinski definition) is 3. The van der Waals surface area contributed by atoms with E-state index in [0.717, 1.165) is 10.7 Å². The van der Waals surface area contributed by atoms with Gasteiger partial charge in [0.05, 0.1) is 12.2 Å². The molecule has 4 nitrogen and oxygen atoms in total. The highest BCUT2D eigenvalue weighted by Crippen LogP contribution is 2.23. The van der Waals surface area contributed by atoms with Crippen LogP contribution in [0, 0.1) is 10.7 Å². The van der Waals surface area contributed by atoms with Gasteiger partial charge in [-0.15, -0.1) is 0 Å². The molecule has 0 aliphatic heterocycles. The van der Waals surface area contributed by atoms with Crippen molar-refractivity contribution in [3.05, 3.63) is 28.4 Å². The molecule has 0 heterocycles. The van der Waals surface area contributed by atoms with Crippen LogP contribution in [-0.2, 0) is 9.53 Å². The van der Waals surface area contributed by atoms with Gasteiger partial charge in [0.15, 0.2) is 0 Å². The average Bonchev–Trinajstić information content (AvgIpc) is 2.33. The van der Waals surface area contributed by atoms with Crippen molar-refractivity contribution in [2.24, 2.45) is 0 Å². The predicted molar refractivity (Wildman–Crippen MR) is 98.2 cm³/mol. The molecule has 7 heteroatoms. The first-order valence-corrected chi connectivity index (χ1v) is 8.66. The fraction of sp³-hybridized carbons (Fsp3) is 0.333. The Balaban J connectivity index is 2.91. The standard InChI is InChI=1S/C12H12I3NO3/c1-3-19-10(17)6-16(2)12(18)8-4-7(13)5-9(14)11(8)15/h4-5H,3,6H2,1-2H3. The van der Waals surface area contributed by atoms with Gasteiger partial charge in [0.25, 0.3) is 5.91 Å². The molecule has 1 amide bonds. The Morgan fingerprint density at radius 2 is 1.89 bits per heavy atom. The number of halogens is 3. The maximum atomic E-state index is 12.3. The normalized spacial score (nSPS) is 10.2.